The number of aromatic nitrogens is 1. The molecule has 0 saturated carbocycles. The van der Waals surface area contributed by atoms with Gasteiger partial charge in [0, 0.05) is 11.8 Å². The fourth-order valence-electron chi connectivity index (χ4n) is 0.556. The first kappa shape index (κ1) is 7.21. The normalized spacial score (nSPS) is 9.30. The van der Waals surface area contributed by atoms with E-state index in [2.05, 4.69) is 20.9 Å². The van der Waals surface area contributed by atoms with Gasteiger partial charge in [-0.1, -0.05) is 0 Å². The molecule has 1 rings (SSSR count). The fourth-order valence-corrected chi connectivity index (χ4v) is 0.921. The van der Waals surface area contributed by atoms with E-state index in [0.717, 1.165) is 0 Å². The first-order valence-electron chi connectivity index (χ1n) is 2.61. The first-order chi connectivity index (χ1) is 4.70. The van der Waals surface area contributed by atoms with Crippen LogP contribution in [0.3, 0.4) is 0 Å². The Hall–Kier alpha value is -0.900. The van der Waals surface area contributed by atoms with E-state index < -0.39 is 5.91 Å². The van der Waals surface area contributed by atoms with Crippen LogP contribution in [0.2, 0.25) is 0 Å². The fraction of sp³-hybridized carbons (Fsp3) is 0. The van der Waals surface area contributed by atoms with Gasteiger partial charge in [-0.15, -0.1) is 0 Å². The van der Waals surface area contributed by atoms with Crippen molar-refractivity contribution in [1.82, 2.24) is 4.98 Å². The van der Waals surface area contributed by atoms with Gasteiger partial charge in [0.1, 0.15) is 4.60 Å². The molecule has 0 aliphatic rings. The van der Waals surface area contributed by atoms with Crippen molar-refractivity contribution in [2.45, 2.75) is 0 Å². The van der Waals surface area contributed by atoms with Crippen LogP contribution in [0.25, 0.3) is 0 Å². The van der Waals surface area contributed by atoms with Crippen molar-refractivity contribution in [1.29, 1.82) is 0 Å². The molecule has 0 spiro atoms. The van der Waals surface area contributed by atoms with Crippen molar-refractivity contribution in [3.63, 3.8) is 0 Å². The second kappa shape index (κ2) is 2.79. The Labute approximate surface area is 66.4 Å². The molecule has 52 valence electrons. The summed E-state index contributed by atoms with van der Waals surface area (Å²) in [4.78, 5) is 14.4. The molecule has 0 radical (unpaired) electrons. The largest absolute Gasteiger partial charge is 0.366 e. The maximum atomic E-state index is 10.5. The van der Waals surface area contributed by atoms with Gasteiger partial charge in [-0.25, -0.2) is 4.98 Å². The molecule has 0 aromatic carbocycles. The number of amides is 1. The Morgan fingerprint density at radius 1 is 1.70 bits per heavy atom. The van der Waals surface area contributed by atoms with E-state index >= 15 is 0 Å². The molecule has 10 heavy (non-hydrogen) atoms. The highest BCUT2D eigenvalue weighted by Gasteiger charge is 1.98. The topological polar surface area (TPSA) is 56.0 Å². The second-order valence-electron chi connectivity index (χ2n) is 1.73. The van der Waals surface area contributed by atoms with Crippen LogP contribution in [0.1, 0.15) is 10.4 Å². The van der Waals surface area contributed by atoms with Crippen LogP contribution in [0.4, 0.5) is 0 Å². The Bertz CT molecular complexity index is 262. The summed E-state index contributed by atoms with van der Waals surface area (Å²) >= 11 is 3.11. The van der Waals surface area contributed by atoms with E-state index in [-0.39, 0.29) is 0 Å². The molecule has 0 unspecified atom stereocenters. The minimum Gasteiger partial charge on any atom is -0.366 e. The number of hydrogen-bond donors (Lipinski definition) is 1. The van der Waals surface area contributed by atoms with Crippen molar-refractivity contribution >= 4 is 21.8 Å². The number of hydrogen-bond acceptors (Lipinski definition) is 2. The lowest BCUT2D eigenvalue weighted by molar-refractivity contribution is 0.1000. The highest BCUT2D eigenvalue weighted by molar-refractivity contribution is 9.10. The van der Waals surface area contributed by atoms with Crippen LogP contribution in [0.15, 0.2) is 22.9 Å². The van der Waals surface area contributed by atoms with Crippen molar-refractivity contribution in [2.24, 2.45) is 5.73 Å². The number of nitrogens with two attached hydrogens (primary N) is 1. The lowest BCUT2D eigenvalue weighted by Crippen LogP contribution is -2.10. The molecule has 0 bridgehead atoms. The maximum absolute atomic E-state index is 10.5. The van der Waals surface area contributed by atoms with Crippen LogP contribution in [0, 0.1) is 0 Å². The van der Waals surface area contributed by atoms with E-state index in [1.165, 1.54) is 6.20 Å². The lowest BCUT2D eigenvalue weighted by Gasteiger charge is -1.92. The molecule has 0 fully saturated rings. The molecular formula is C6H5BrN2O. The molecule has 0 aliphatic carbocycles. The zero-order valence-electron chi connectivity index (χ0n) is 5.04. The molecular weight excluding hydrogens is 196 g/mol. The number of nitrogens with zero attached hydrogens (tertiary/aromatic N) is 1. The van der Waals surface area contributed by atoms with Crippen LogP contribution < -0.4 is 5.73 Å². The average Bonchev–Trinajstić information content (AvgIpc) is 1.88. The standard InChI is InChI=1S/C6H5BrN2O/c7-5-3-4(6(8)10)1-2-9-5/h1-3H,(H2,8,10). The van der Waals surface area contributed by atoms with Gasteiger partial charge in [0.05, 0.1) is 0 Å². The first-order valence-corrected chi connectivity index (χ1v) is 3.41. The van der Waals surface area contributed by atoms with E-state index in [1.807, 2.05) is 0 Å². The number of halogens is 1. The third-order valence-corrected chi connectivity index (χ3v) is 1.44. The molecule has 3 nitrogen and oxygen atoms in total. The van der Waals surface area contributed by atoms with E-state index in [1.54, 1.807) is 12.1 Å². The molecule has 1 amide bonds. The van der Waals surface area contributed by atoms with Gasteiger partial charge in [0.25, 0.3) is 0 Å². The zero-order valence-corrected chi connectivity index (χ0v) is 6.63. The van der Waals surface area contributed by atoms with E-state index in [9.17, 15) is 4.79 Å². The predicted molar refractivity (Wildman–Crippen MR) is 40.5 cm³/mol. The smallest absolute Gasteiger partial charge is 0.248 e. The SMILES string of the molecule is NC(=O)c1ccnc(Br)c1. The van der Waals surface area contributed by atoms with Gasteiger partial charge in [-0.05, 0) is 28.1 Å². The van der Waals surface area contributed by atoms with Crippen LogP contribution in [-0.2, 0) is 0 Å². The predicted octanol–water partition coefficient (Wildman–Crippen LogP) is 0.943. The monoisotopic (exact) mass is 200 g/mol. The summed E-state index contributed by atoms with van der Waals surface area (Å²) in [6.07, 6.45) is 1.52. The third kappa shape index (κ3) is 1.54. The Morgan fingerprint density at radius 2 is 2.40 bits per heavy atom. The summed E-state index contributed by atoms with van der Waals surface area (Å²) in [6, 6.07) is 3.13. The molecule has 4 heteroatoms. The van der Waals surface area contributed by atoms with Gasteiger partial charge < -0.3 is 5.73 Å². The summed E-state index contributed by atoms with van der Waals surface area (Å²) in [7, 11) is 0. The molecule has 1 heterocycles. The van der Waals surface area contributed by atoms with Crippen molar-refractivity contribution in [2.75, 3.05) is 0 Å². The summed E-state index contributed by atoms with van der Waals surface area (Å²) in [5.74, 6) is -0.442. The Kier molecular flexibility index (Phi) is 2.01. The second-order valence-corrected chi connectivity index (χ2v) is 2.54. The van der Waals surface area contributed by atoms with E-state index in [0.29, 0.717) is 10.2 Å². The number of primary amides is 1. The highest BCUT2D eigenvalue weighted by Crippen LogP contribution is 2.06. The molecule has 0 aliphatic heterocycles. The molecule has 0 atom stereocenters. The average molecular weight is 201 g/mol. The van der Waals surface area contributed by atoms with Gasteiger partial charge in [0.2, 0.25) is 5.91 Å². The quantitative estimate of drug-likeness (QED) is 0.687. The summed E-state index contributed by atoms with van der Waals surface area (Å²) < 4.78 is 0.615. The number of pyridine rings is 1. The Balaban J connectivity index is 3.07. The molecule has 0 saturated heterocycles. The van der Waals surface area contributed by atoms with Crippen molar-refractivity contribution < 1.29 is 4.79 Å². The summed E-state index contributed by atoms with van der Waals surface area (Å²) in [5.41, 5.74) is 5.46. The zero-order chi connectivity index (χ0) is 7.56. The molecule has 1 aromatic rings. The van der Waals surface area contributed by atoms with E-state index in [4.69, 9.17) is 5.73 Å². The highest BCUT2D eigenvalue weighted by atomic mass is 79.9. The van der Waals surface area contributed by atoms with Crippen molar-refractivity contribution in [3.8, 4) is 0 Å². The molecule has 1 aromatic heterocycles. The maximum Gasteiger partial charge on any atom is 0.248 e. The van der Waals surface area contributed by atoms with Crippen LogP contribution in [-0.4, -0.2) is 10.9 Å². The summed E-state index contributed by atoms with van der Waals surface area (Å²) in [5, 5.41) is 0. The number of rotatable bonds is 1. The third-order valence-electron chi connectivity index (χ3n) is 1.01. The van der Waals surface area contributed by atoms with Gasteiger partial charge in [-0.2, -0.15) is 0 Å². The van der Waals surface area contributed by atoms with Gasteiger partial charge in [-0.3, -0.25) is 4.79 Å². The minimum atomic E-state index is -0.442. The van der Waals surface area contributed by atoms with Crippen LogP contribution in [0.5, 0.6) is 0 Å². The van der Waals surface area contributed by atoms with Crippen LogP contribution >= 0.6 is 15.9 Å². The van der Waals surface area contributed by atoms with Crippen molar-refractivity contribution in [3.05, 3.63) is 28.5 Å². The number of carbonyl (C=O) groups is 1. The van der Waals surface area contributed by atoms with Gasteiger partial charge in [0.15, 0.2) is 0 Å². The van der Waals surface area contributed by atoms with Gasteiger partial charge >= 0.3 is 0 Å². The number of carbonyl (C=O) groups excluding carboxylic acids is 1. The minimum absolute atomic E-state index is 0.442. The summed E-state index contributed by atoms with van der Waals surface area (Å²) in [6.45, 7) is 0. The Morgan fingerprint density at radius 3 is 2.80 bits per heavy atom. The molecule has 2 N–H and O–H groups in total. The lowest BCUT2D eigenvalue weighted by atomic mass is 10.3.